The van der Waals surface area contributed by atoms with Gasteiger partial charge in [0.05, 0.1) is 11.3 Å². The molecule has 7 heteroatoms. The van der Waals surface area contributed by atoms with Gasteiger partial charge in [-0.1, -0.05) is 42.5 Å². The molecule has 192 valence electrons. The second kappa shape index (κ2) is 9.78. The molecule has 1 saturated carbocycles. The lowest BCUT2D eigenvalue weighted by Gasteiger charge is -2.38. The van der Waals surface area contributed by atoms with Gasteiger partial charge in [-0.15, -0.1) is 0 Å². The number of piperidine rings is 1. The number of rotatable bonds is 6. The number of ether oxygens (including phenoxy) is 1. The van der Waals surface area contributed by atoms with Crippen LogP contribution in [0.5, 0.6) is 0 Å². The lowest BCUT2D eigenvalue weighted by atomic mass is 9.74. The average molecular weight is 499 g/mol. The summed E-state index contributed by atoms with van der Waals surface area (Å²) in [5, 5.41) is 7.63. The molecule has 7 nitrogen and oxygen atoms in total. The van der Waals surface area contributed by atoms with Crippen LogP contribution < -0.4 is 5.32 Å². The van der Waals surface area contributed by atoms with Crippen LogP contribution in [0.25, 0.3) is 5.69 Å². The zero-order valence-electron chi connectivity index (χ0n) is 21.1. The van der Waals surface area contributed by atoms with E-state index in [1.165, 1.54) is 5.56 Å². The second-order valence-electron chi connectivity index (χ2n) is 10.9. The van der Waals surface area contributed by atoms with E-state index in [4.69, 9.17) is 4.74 Å². The Kier molecular flexibility index (Phi) is 6.32. The standard InChI is InChI=1S/C30H34N4O3/c35-27(31-22-30(13-19-37-20-14-30)23-7-2-1-3-8-23)25-21-29(25)11-17-33(18-12-29)28(36)24-9-4-5-10-26(24)34-16-6-15-32-34/h1-10,15-16,25H,11-14,17-22H2,(H,31,35). The number of amides is 2. The third-order valence-electron chi connectivity index (χ3n) is 8.88. The molecule has 0 radical (unpaired) electrons. The largest absolute Gasteiger partial charge is 0.381 e. The maximum Gasteiger partial charge on any atom is 0.256 e. The Labute approximate surface area is 217 Å². The highest BCUT2D eigenvalue weighted by Crippen LogP contribution is 2.59. The molecule has 2 aromatic carbocycles. The molecular weight excluding hydrogens is 464 g/mol. The number of hydrogen-bond acceptors (Lipinski definition) is 4. The number of nitrogens with one attached hydrogen (secondary N) is 1. The predicted molar refractivity (Wildman–Crippen MR) is 140 cm³/mol. The monoisotopic (exact) mass is 498 g/mol. The van der Waals surface area contributed by atoms with E-state index in [2.05, 4.69) is 34.7 Å². The van der Waals surface area contributed by atoms with Crippen LogP contribution in [0.1, 0.15) is 48.0 Å². The summed E-state index contributed by atoms with van der Waals surface area (Å²) < 4.78 is 7.38. The molecule has 3 fully saturated rings. The summed E-state index contributed by atoms with van der Waals surface area (Å²) in [6, 6.07) is 20.0. The highest BCUT2D eigenvalue weighted by atomic mass is 16.5. The summed E-state index contributed by atoms with van der Waals surface area (Å²) in [5.74, 6) is 0.256. The van der Waals surface area contributed by atoms with Gasteiger partial charge in [-0.3, -0.25) is 9.59 Å². The van der Waals surface area contributed by atoms with Crippen molar-refractivity contribution in [1.29, 1.82) is 0 Å². The molecule has 1 N–H and O–H groups in total. The topological polar surface area (TPSA) is 76.5 Å². The Bertz CT molecular complexity index is 1240. The smallest absolute Gasteiger partial charge is 0.256 e. The zero-order chi connectivity index (χ0) is 25.3. The van der Waals surface area contributed by atoms with E-state index in [9.17, 15) is 9.59 Å². The molecule has 1 aromatic heterocycles. The van der Waals surface area contributed by atoms with Crippen molar-refractivity contribution in [1.82, 2.24) is 20.0 Å². The first-order valence-corrected chi connectivity index (χ1v) is 13.4. The molecule has 6 rings (SSSR count). The summed E-state index contributed by atoms with van der Waals surface area (Å²) in [4.78, 5) is 28.6. The summed E-state index contributed by atoms with van der Waals surface area (Å²) in [7, 11) is 0. The predicted octanol–water partition coefficient (Wildman–Crippen LogP) is 3.98. The molecular formula is C30H34N4O3. The second-order valence-corrected chi connectivity index (χ2v) is 10.9. The molecule has 1 aliphatic carbocycles. The van der Waals surface area contributed by atoms with Crippen LogP contribution in [0.3, 0.4) is 0 Å². The van der Waals surface area contributed by atoms with Crippen molar-refractivity contribution < 1.29 is 14.3 Å². The van der Waals surface area contributed by atoms with Gasteiger partial charge in [-0.25, -0.2) is 4.68 Å². The van der Waals surface area contributed by atoms with Crippen molar-refractivity contribution in [2.45, 2.75) is 37.5 Å². The van der Waals surface area contributed by atoms with E-state index >= 15 is 0 Å². The van der Waals surface area contributed by atoms with Gasteiger partial charge < -0.3 is 15.0 Å². The first-order valence-electron chi connectivity index (χ1n) is 13.4. The number of nitrogens with zero attached hydrogens (tertiary/aromatic N) is 3. The molecule has 3 aromatic rings. The van der Waals surface area contributed by atoms with Crippen molar-refractivity contribution in [3.63, 3.8) is 0 Å². The number of benzene rings is 2. The van der Waals surface area contributed by atoms with Crippen LogP contribution in [-0.2, 0) is 14.9 Å². The van der Waals surface area contributed by atoms with Gasteiger partial charge in [0.2, 0.25) is 5.91 Å². The Morgan fingerprint density at radius 1 is 0.946 bits per heavy atom. The van der Waals surface area contributed by atoms with Crippen LogP contribution in [0.2, 0.25) is 0 Å². The van der Waals surface area contributed by atoms with Crippen molar-refractivity contribution >= 4 is 11.8 Å². The Morgan fingerprint density at radius 3 is 2.41 bits per heavy atom. The molecule has 1 atom stereocenters. The minimum absolute atomic E-state index is 0.0342. The lowest BCUT2D eigenvalue weighted by molar-refractivity contribution is -0.123. The number of aromatic nitrogens is 2. The fraction of sp³-hybridized carbons (Fsp3) is 0.433. The summed E-state index contributed by atoms with van der Waals surface area (Å²) >= 11 is 0. The van der Waals surface area contributed by atoms with Crippen LogP contribution in [0, 0.1) is 11.3 Å². The van der Waals surface area contributed by atoms with Crippen LogP contribution in [0.15, 0.2) is 73.1 Å². The van der Waals surface area contributed by atoms with Crippen LogP contribution in [0.4, 0.5) is 0 Å². The summed E-state index contributed by atoms with van der Waals surface area (Å²) in [6.45, 7) is 3.47. The van der Waals surface area contributed by atoms with Gasteiger partial charge in [0, 0.05) is 56.6 Å². The quantitative estimate of drug-likeness (QED) is 0.558. The van der Waals surface area contributed by atoms with E-state index in [0.29, 0.717) is 25.2 Å². The lowest BCUT2D eigenvalue weighted by Crippen LogP contribution is -2.46. The first kappa shape index (κ1) is 23.9. The SMILES string of the molecule is O=C(NCC1(c2ccccc2)CCOCC1)C1CC12CCN(C(=O)c1ccccc1-n1cccn1)CC2. The van der Waals surface area contributed by atoms with E-state index in [1.54, 1.807) is 10.9 Å². The highest BCUT2D eigenvalue weighted by Gasteiger charge is 2.59. The third-order valence-corrected chi connectivity index (χ3v) is 8.88. The molecule has 0 bridgehead atoms. The average Bonchev–Trinajstić information content (AvgIpc) is 3.38. The molecule has 3 heterocycles. The van der Waals surface area contributed by atoms with Gasteiger partial charge in [-0.2, -0.15) is 5.10 Å². The maximum absolute atomic E-state index is 13.4. The fourth-order valence-electron chi connectivity index (χ4n) is 6.36. The van der Waals surface area contributed by atoms with E-state index in [-0.39, 0.29) is 28.6 Å². The number of likely N-dealkylation sites (tertiary alicyclic amines) is 1. The van der Waals surface area contributed by atoms with Gasteiger partial charge in [0.1, 0.15) is 0 Å². The Hall–Kier alpha value is -3.45. The third kappa shape index (κ3) is 4.57. The fourth-order valence-corrected chi connectivity index (χ4v) is 6.36. The zero-order valence-corrected chi connectivity index (χ0v) is 21.1. The van der Waals surface area contributed by atoms with E-state index < -0.39 is 0 Å². The minimum Gasteiger partial charge on any atom is -0.381 e. The van der Waals surface area contributed by atoms with E-state index in [1.807, 2.05) is 47.5 Å². The maximum atomic E-state index is 13.4. The molecule has 1 unspecified atom stereocenters. The van der Waals surface area contributed by atoms with Crippen molar-refractivity contribution in [2.75, 3.05) is 32.8 Å². The Balaban J connectivity index is 1.07. The molecule has 37 heavy (non-hydrogen) atoms. The van der Waals surface area contributed by atoms with Crippen LogP contribution >= 0.6 is 0 Å². The number of para-hydroxylation sites is 1. The van der Waals surface area contributed by atoms with Crippen molar-refractivity contribution in [3.8, 4) is 5.69 Å². The molecule has 2 saturated heterocycles. The molecule has 2 amide bonds. The van der Waals surface area contributed by atoms with Gasteiger partial charge in [0.25, 0.3) is 5.91 Å². The normalized spacial score (nSPS) is 21.9. The summed E-state index contributed by atoms with van der Waals surface area (Å²) in [5.41, 5.74) is 2.72. The van der Waals surface area contributed by atoms with Crippen molar-refractivity contribution in [3.05, 3.63) is 84.2 Å². The van der Waals surface area contributed by atoms with Crippen molar-refractivity contribution in [2.24, 2.45) is 11.3 Å². The Morgan fingerprint density at radius 2 is 1.68 bits per heavy atom. The van der Waals surface area contributed by atoms with Gasteiger partial charge in [0.15, 0.2) is 0 Å². The number of hydrogen-bond donors (Lipinski definition) is 1. The first-order chi connectivity index (χ1) is 18.1. The number of carbonyl (C=O) groups is 2. The highest BCUT2D eigenvalue weighted by molar-refractivity contribution is 5.98. The summed E-state index contributed by atoms with van der Waals surface area (Å²) in [6.07, 6.45) is 8.08. The van der Waals surface area contributed by atoms with Gasteiger partial charge in [-0.05, 0) is 61.3 Å². The van der Waals surface area contributed by atoms with Crippen LogP contribution in [-0.4, -0.2) is 59.3 Å². The molecule has 1 spiro atoms. The molecule has 3 aliphatic rings. The number of carbonyl (C=O) groups excluding carboxylic acids is 2. The minimum atomic E-state index is -0.0605. The van der Waals surface area contributed by atoms with E-state index in [0.717, 1.165) is 51.0 Å². The van der Waals surface area contributed by atoms with Gasteiger partial charge >= 0.3 is 0 Å². The molecule has 2 aliphatic heterocycles.